The average molecular weight is 242 g/mol. The van der Waals surface area contributed by atoms with Gasteiger partial charge >= 0.3 is 5.97 Å². The maximum Gasteiger partial charge on any atom is 0.330 e. The van der Waals surface area contributed by atoms with E-state index in [0.717, 1.165) is 19.1 Å². The van der Waals surface area contributed by atoms with Crippen molar-refractivity contribution in [3.8, 4) is 0 Å². The Morgan fingerprint density at radius 3 is 2.29 bits per heavy atom. The molecule has 0 rings (SSSR count). The van der Waals surface area contributed by atoms with Crippen molar-refractivity contribution in [3.05, 3.63) is 12.7 Å². The lowest BCUT2D eigenvalue weighted by atomic mass is 10.1. The Balaban J connectivity index is 2.98. The number of carbonyl (C=O) groups excluding carboxylic acids is 1. The molecule has 0 aromatic carbocycles. The summed E-state index contributed by atoms with van der Waals surface area (Å²) in [5.74, 6) is -0.385. The maximum atomic E-state index is 10.7. The van der Waals surface area contributed by atoms with E-state index in [1.165, 1.54) is 38.5 Å². The van der Waals surface area contributed by atoms with Crippen LogP contribution in [0.5, 0.6) is 0 Å². The quantitative estimate of drug-likeness (QED) is 0.298. The summed E-state index contributed by atoms with van der Waals surface area (Å²) in [6.07, 6.45) is 10.1. The van der Waals surface area contributed by atoms with Gasteiger partial charge in [0.1, 0.15) is 6.61 Å². The molecule has 3 nitrogen and oxygen atoms in total. The second kappa shape index (κ2) is 13.2. The third-order valence-corrected chi connectivity index (χ3v) is 2.53. The zero-order valence-electron chi connectivity index (χ0n) is 11.1. The fraction of sp³-hybridized carbons (Fsp3) is 0.786. The van der Waals surface area contributed by atoms with Crippen molar-refractivity contribution < 1.29 is 14.3 Å². The molecular formula is C14H26O3. The minimum atomic E-state index is -0.385. The molecule has 0 atom stereocenters. The molecule has 0 aromatic heterocycles. The van der Waals surface area contributed by atoms with E-state index < -0.39 is 0 Å². The Morgan fingerprint density at radius 2 is 1.65 bits per heavy atom. The van der Waals surface area contributed by atoms with Crippen molar-refractivity contribution in [1.29, 1.82) is 0 Å². The Morgan fingerprint density at radius 1 is 1.00 bits per heavy atom. The van der Waals surface area contributed by atoms with E-state index in [1.54, 1.807) is 0 Å². The summed E-state index contributed by atoms with van der Waals surface area (Å²) in [6, 6.07) is 0. The van der Waals surface area contributed by atoms with Gasteiger partial charge < -0.3 is 9.47 Å². The summed E-state index contributed by atoms with van der Waals surface area (Å²) in [5.41, 5.74) is 0. The molecule has 0 aliphatic carbocycles. The number of ether oxygens (including phenoxy) is 2. The molecule has 0 saturated carbocycles. The summed E-state index contributed by atoms with van der Waals surface area (Å²) < 4.78 is 10.1. The molecule has 100 valence electrons. The van der Waals surface area contributed by atoms with E-state index in [4.69, 9.17) is 9.47 Å². The molecule has 3 heteroatoms. The van der Waals surface area contributed by atoms with Crippen LogP contribution >= 0.6 is 0 Å². The molecule has 0 N–H and O–H groups in total. The third-order valence-electron chi connectivity index (χ3n) is 2.53. The van der Waals surface area contributed by atoms with Crippen LogP contribution in [-0.4, -0.2) is 25.8 Å². The first-order valence-corrected chi connectivity index (χ1v) is 6.68. The lowest BCUT2D eigenvalue weighted by Gasteiger charge is -2.04. The Labute approximate surface area is 105 Å². The van der Waals surface area contributed by atoms with Gasteiger partial charge in [0.05, 0.1) is 6.61 Å². The second-order valence-corrected chi connectivity index (χ2v) is 4.11. The fourth-order valence-corrected chi connectivity index (χ4v) is 1.52. The highest BCUT2D eigenvalue weighted by molar-refractivity contribution is 5.81. The molecule has 0 amide bonds. The number of hydrogen-bond acceptors (Lipinski definition) is 3. The van der Waals surface area contributed by atoms with E-state index in [0.29, 0.717) is 13.2 Å². The monoisotopic (exact) mass is 242 g/mol. The predicted octanol–water partition coefficient (Wildman–Crippen LogP) is 3.48. The van der Waals surface area contributed by atoms with Gasteiger partial charge in [-0.25, -0.2) is 4.79 Å². The highest BCUT2D eigenvalue weighted by Crippen LogP contribution is 2.06. The van der Waals surface area contributed by atoms with Crippen LogP contribution in [0.1, 0.15) is 51.9 Å². The summed E-state index contributed by atoms with van der Waals surface area (Å²) >= 11 is 0. The maximum absolute atomic E-state index is 10.7. The van der Waals surface area contributed by atoms with Gasteiger partial charge in [-0.3, -0.25) is 0 Å². The van der Waals surface area contributed by atoms with E-state index >= 15 is 0 Å². The molecule has 0 saturated heterocycles. The minimum Gasteiger partial charge on any atom is -0.460 e. The first-order valence-electron chi connectivity index (χ1n) is 6.68. The predicted molar refractivity (Wildman–Crippen MR) is 70.0 cm³/mol. The minimum absolute atomic E-state index is 0.321. The second-order valence-electron chi connectivity index (χ2n) is 4.11. The van der Waals surface area contributed by atoms with E-state index in [1.807, 2.05) is 0 Å². The molecule has 0 heterocycles. The molecule has 0 aliphatic rings. The lowest BCUT2D eigenvalue weighted by Crippen LogP contribution is -2.08. The highest BCUT2D eigenvalue weighted by atomic mass is 16.6. The van der Waals surface area contributed by atoms with Crippen LogP contribution in [0.25, 0.3) is 0 Å². The molecule has 0 fully saturated rings. The molecule has 0 spiro atoms. The van der Waals surface area contributed by atoms with Crippen molar-refractivity contribution in [3.63, 3.8) is 0 Å². The molecule has 0 radical (unpaired) electrons. The van der Waals surface area contributed by atoms with Gasteiger partial charge in [0.15, 0.2) is 0 Å². The van der Waals surface area contributed by atoms with Crippen molar-refractivity contribution in [2.24, 2.45) is 0 Å². The normalized spacial score (nSPS) is 10.2. The average Bonchev–Trinajstić information content (AvgIpc) is 2.35. The van der Waals surface area contributed by atoms with Crippen LogP contribution in [0.4, 0.5) is 0 Å². The standard InChI is InChI=1S/C14H26O3/c1-3-5-6-7-8-9-10-11-16-12-13-17-14(15)4-2/h4H,2-3,5-13H2,1H3. The summed E-state index contributed by atoms with van der Waals surface area (Å²) in [4.78, 5) is 10.7. The first kappa shape index (κ1) is 16.2. The highest BCUT2D eigenvalue weighted by Gasteiger charge is 1.95. The smallest absolute Gasteiger partial charge is 0.330 e. The van der Waals surface area contributed by atoms with E-state index in [9.17, 15) is 4.79 Å². The zero-order valence-corrected chi connectivity index (χ0v) is 11.1. The Bertz CT molecular complexity index is 190. The summed E-state index contributed by atoms with van der Waals surface area (Å²) in [7, 11) is 0. The zero-order chi connectivity index (χ0) is 12.8. The number of carbonyl (C=O) groups is 1. The Hall–Kier alpha value is -0.830. The first-order chi connectivity index (χ1) is 8.31. The molecule has 17 heavy (non-hydrogen) atoms. The van der Waals surface area contributed by atoms with Gasteiger partial charge in [0.2, 0.25) is 0 Å². The van der Waals surface area contributed by atoms with Crippen LogP contribution < -0.4 is 0 Å². The van der Waals surface area contributed by atoms with Crippen molar-refractivity contribution >= 4 is 5.97 Å². The largest absolute Gasteiger partial charge is 0.460 e. The van der Waals surface area contributed by atoms with Gasteiger partial charge in [-0.15, -0.1) is 0 Å². The SMILES string of the molecule is C=CC(=O)OCCOCCCCCCCCC. The number of rotatable bonds is 12. The van der Waals surface area contributed by atoms with Crippen LogP contribution in [-0.2, 0) is 14.3 Å². The van der Waals surface area contributed by atoms with Crippen molar-refractivity contribution in [2.75, 3.05) is 19.8 Å². The van der Waals surface area contributed by atoms with Gasteiger partial charge in [-0.2, -0.15) is 0 Å². The van der Waals surface area contributed by atoms with Gasteiger partial charge in [0.25, 0.3) is 0 Å². The molecule has 0 aromatic rings. The van der Waals surface area contributed by atoms with Crippen LogP contribution in [0.15, 0.2) is 12.7 Å². The summed E-state index contributed by atoms with van der Waals surface area (Å²) in [5, 5.41) is 0. The van der Waals surface area contributed by atoms with Gasteiger partial charge in [-0.1, -0.05) is 52.0 Å². The van der Waals surface area contributed by atoms with Crippen molar-refractivity contribution in [2.45, 2.75) is 51.9 Å². The number of unbranched alkanes of at least 4 members (excludes halogenated alkanes) is 6. The van der Waals surface area contributed by atoms with Crippen LogP contribution in [0.2, 0.25) is 0 Å². The van der Waals surface area contributed by atoms with Gasteiger partial charge in [0, 0.05) is 12.7 Å². The number of hydrogen-bond donors (Lipinski definition) is 0. The molecule has 0 unspecified atom stereocenters. The van der Waals surface area contributed by atoms with Gasteiger partial charge in [-0.05, 0) is 6.42 Å². The third kappa shape index (κ3) is 13.1. The lowest BCUT2D eigenvalue weighted by molar-refractivity contribution is -0.139. The van der Waals surface area contributed by atoms with Crippen molar-refractivity contribution in [1.82, 2.24) is 0 Å². The molecular weight excluding hydrogens is 216 g/mol. The topological polar surface area (TPSA) is 35.5 Å². The Kier molecular flexibility index (Phi) is 12.6. The molecule has 0 bridgehead atoms. The number of esters is 1. The molecule has 0 aliphatic heterocycles. The van der Waals surface area contributed by atoms with E-state index in [-0.39, 0.29) is 5.97 Å². The van der Waals surface area contributed by atoms with E-state index in [2.05, 4.69) is 13.5 Å². The fourth-order valence-electron chi connectivity index (χ4n) is 1.52. The van der Waals surface area contributed by atoms with Crippen LogP contribution in [0.3, 0.4) is 0 Å². The summed E-state index contributed by atoms with van der Waals surface area (Å²) in [6.45, 7) is 7.11. The van der Waals surface area contributed by atoms with Crippen LogP contribution in [0, 0.1) is 0 Å².